The van der Waals surface area contributed by atoms with Gasteiger partial charge in [0.1, 0.15) is 0 Å². The molecule has 0 aliphatic heterocycles. The molecule has 0 amide bonds. The van der Waals surface area contributed by atoms with Crippen LogP contribution in [-0.4, -0.2) is 21.7 Å². The monoisotopic (exact) mass is 303 g/mol. The zero-order valence-corrected chi connectivity index (χ0v) is 12.8. The van der Waals surface area contributed by atoms with E-state index >= 15 is 0 Å². The minimum absolute atomic E-state index is 0.0528. The average Bonchev–Trinajstić information content (AvgIpc) is 3.13. The van der Waals surface area contributed by atoms with Gasteiger partial charge in [-0.2, -0.15) is 0 Å². The minimum atomic E-state index is 0.0528. The highest BCUT2D eigenvalue weighted by molar-refractivity contribution is 7.16. The molecule has 2 heterocycles. The van der Waals surface area contributed by atoms with Crippen molar-refractivity contribution in [2.24, 2.45) is 0 Å². The summed E-state index contributed by atoms with van der Waals surface area (Å²) in [6.45, 7) is 5.06. The number of anilines is 2. The van der Waals surface area contributed by atoms with Crippen LogP contribution in [0.1, 0.15) is 32.2 Å². The molecule has 0 fully saturated rings. The Morgan fingerprint density at radius 3 is 3.10 bits per heavy atom. The fourth-order valence-electron chi connectivity index (χ4n) is 1.96. The largest absolute Gasteiger partial charge is 0.406 e. The highest BCUT2D eigenvalue weighted by Gasteiger charge is 2.13. The van der Waals surface area contributed by atoms with Crippen LogP contribution in [0.25, 0.3) is 10.2 Å². The van der Waals surface area contributed by atoms with Crippen molar-refractivity contribution >= 4 is 33.3 Å². The number of nitrogens with one attached hydrogen (secondary N) is 2. The fraction of sp³-hybridized carbons (Fsp3) is 0.357. The lowest BCUT2D eigenvalue weighted by Crippen LogP contribution is -2.19. The van der Waals surface area contributed by atoms with Crippen LogP contribution in [0, 0.1) is 0 Å². The molecule has 0 aliphatic carbocycles. The Morgan fingerprint density at radius 1 is 1.33 bits per heavy atom. The van der Waals surface area contributed by atoms with Crippen molar-refractivity contribution in [1.82, 2.24) is 20.5 Å². The molecule has 1 aromatic carbocycles. The normalized spacial score (nSPS) is 12.7. The van der Waals surface area contributed by atoms with E-state index in [-0.39, 0.29) is 6.04 Å². The lowest BCUT2D eigenvalue weighted by atomic mass is 10.3. The van der Waals surface area contributed by atoms with Crippen molar-refractivity contribution in [3.05, 3.63) is 29.6 Å². The second-order valence-corrected chi connectivity index (χ2v) is 5.67. The summed E-state index contributed by atoms with van der Waals surface area (Å²) in [6.07, 6.45) is 1.07. The van der Waals surface area contributed by atoms with Gasteiger partial charge in [-0.15, -0.1) is 16.4 Å². The summed E-state index contributed by atoms with van der Waals surface area (Å²) in [4.78, 5) is 4.25. The summed E-state index contributed by atoms with van der Waals surface area (Å²) in [6, 6.07) is 6.40. The number of benzene rings is 1. The zero-order chi connectivity index (χ0) is 14.7. The Hall–Kier alpha value is -1.99. The summed E-state index contributed by atoms with van der Waals surface area (Å²) in [5.41, 5.74) is 3.74. The number of hydrogen-bond acceptors (Lipinski definition) is 7. The van der Waals surface area contributed by atoms with E-state index in [4.69, 9.17) is 4.42 Å². The molecule has 2 N–H and O–H groups in total. The first-order valence-electron chi connectivity index (χ1n) is 6.93. The molecule has 6 nitrogen and oxygen atoms in total. The van der Waals surface area contributed by atoms with Crippen LogP contribution in [-0.2, 0) is 0 Å². The van der Waals surface area contributed by atoms with E-state index in [1.54, 1.807) is 11.3 Å². The molecular formula is C14H17N5OS. The first-order valence-corrected chi connectivity index (χ1v) is 7.81. The van der Waals surface area contributed by atoms with Crippen LogP contribution < -0.4 is 10.6 Å². The Balaban J connectivity index is 1.71. The van der Waals surface area contributed by atoms with Gasteiger partial charge < -0.3 is 15.1 Å². The van der Waals surface area contributed by atoms with Gasteiger partial charge in [-0.05, 0) is 38.1 Å². The van der Waals surface area contributed by atoms with Gasteiger partial charge in [-0.3, -0.25) is 0 Å². The third kappa shape index (κ3) is 3.20. The van der Waals surface area contributed by atoms with Gasteiger partial charge in [-0.25, -0.2) is 4.98 Å². The maximum Gasteiger partial charge on any atom is 0.320 e. The predicted molar refractivity (Wildman–Crippen MR) is 83.9 cm³/mol. The number of hydrogen-bond donors (Lipinski definition) is 2. The van der Waals surface area contributed by atoms with Gasteiger partial charge in [0.2, 0.25) is 5.89 Å². The number of rotatable bonds is 6. The third-order valence-corrected chi connectivity index (χ3v) is 3.89. The molecule has 3 rings (SSSR count). The summed E-state index contributed by atoms with van der Waals surface area (Å²) >= 11 is 1.60. The first-order chi connectivity index (χ1) is 10.3. The molecule has 2 aromatic heterocycles. The van der Waals surface area contributed by atoms with Crippen LogP contribution >= 0.6 is 11.3 Å². The lowest BCUT2D eigenvalue weighted by Gasteiger charge is -2.07. The summed E-state index contributed by atoms with van der Waals surface area (Å²) in [5.74, 6) is 0.588. The molecule has 0 radical (unpaired) electrons. The van der Waals surface area contributed by atoms with E-state index in [0.717, 1.165) is 28.9 Å². The Morgan fingerprint density at radius 2 is 2.24 bits per heavy atom. The van der Waals surface area contributed by atoms with Gasteiger partial charge in [0.25, 0.3) is 0 Å². The maximum atomic E-state index is 5.63. The van der Waals surface area contributed by atoms with E-state index in [2.05, 4.69) is 32.7 Å². The Bertz CT molecular complexity index is 723. The van der Waals surface area contributed by atoms with Crippen molar-refractivity contribution in [1.29, 1.82) is 0 Å². The predicted octanol–water partition coefficient (Wildman–Crippen LogP) is 3.48. The fourth-order valence-corrected chi connectivity index (χ4v) is 2.68. The number of aromatic nitrogens is 3. The highest BCUT2D eigenvalue weighted by Crippen LogP contribution is 2.24. The Labute approximate surface area is 126 Å². The van der Waals surface area contributed by atoms with Crippen molar-refractivity contribution in [2.45, 2.75) is 26.3 Å². The van der Waals surface area contributed by atoms with Crippen molar-refractivity contribution in [2.75, 3.05) is 11.9 Å². The van der Waals surface area contributed by atoms with Crippen LogP contribution in [0.5, 0.6) is 0 Å². The molecule has 0 saturated carbocycles. The van der Waals surface area contributed by atoms with Crippen molar-refractivity contribution in [3.8, 4) is 0 Å². The van der Waals surface area contributed by atoms with Gasteiger partial charge in [-0.1, -0.05) is 12.0 Å². The number of thiazole rings is 1. The van der Waals surface area contributed by atoms with Gasteiger partial charge in [0, 0.05) is 5.69 Å². The minimum Gasteiger partial charge on any atom is -0.406 e. The zero-order valence-electron chi connectivity index (χ0n) is 12.0. The lowest BCUT2D eigenvalue weighted by molar-refractivity contribution is 0.424. The second kappa shape index (κ2) is 6.19. The van der Waals surface area contributed by atoms with E-state index in [0.29, 0.717) is 11.9 Å². The molecule has 1 atom stereocenters. The molecule has 0 aliphatic rings. The second-order valence-electron chi connectivity index (χ2n) is 4.78. The summed E-state index contributed by atoms with van der Waals surface area (Å²) in [5, 5.41) is 14.5. The topological polar surface area (TPSA) is 75.9 Å². The smallest absolute Gasteiger partial charge is 0.320 e. The third-order valence-electron chi connectivity index (χ3n) is 3.09. The van der Waals surface area contributed by atoms with Gasteiger partial charge in [0.05, 0.1) is 21.8 Å². The van der Waals surface area contributed by atoms with Crippen LogP contribution in [0.3, 0.4) is 0 Å². The number of nitrogens with zero attached hydrogens (tertiary/aromatic N) is 3. The number of fused-ring (bicyclic) bond motifs is 1. The molecule has 0 saturated heterocycles. The van der Waals surface area contributed by atoms with Gasteiger partial charge in [0.15, 0.2) is 0 Å². The molecule has 21 heavy (non-hydrogen) atoms. The molecular weight excluding hydrogens is 286 g/mol. The SMILES string of the molecule is CCCNC(C)c1nnc(Nc2ccc3ncsc3c2)o1. The Kier molecular flexibility index (Phi) is 4.12. The molecule has 0 spiro atoms. The van der Waals surface area contributed by atoms with E-state index < -0.39 is 0 Å². The van der Waals surface area contributed by atoms with E-state index in [9.17, 15) is 0 Å². The molecule has 0 bridgehead atoms. The summed E-state index contributed by atoms with van der Waals surface area (Å²) in [7, 11) is 0. The highest BCUT2D eigenvalue weighted by atomic mass is 32.1. The maximum absolute atomic E-state index is 5.63. The summed E-state index contributed by atoms with van der Waals surface area (Å²) < 4.78 is 6.75. The van der Waals surface area contributed by atoms with Crippen molar-refractivity contribution < 1.29 is 4.42 Å². The van der Waals surface area contributed by atoms with Crippen molar-refractivity contribution in [3.63, 3.8) is 0 Å². The van der Waals surface area contributed by atoms with Gasteiger partial charge >= 0.3 is 6.01 Å². The van der Waals surface area contributed by atoms with E-state index in [1.807, 2.05) is 30.6 Å². The van der Waals surface area contributed by atoms with Crippen LogP contribution in [0.2, 0.25) is 0 Å². The molecule has 1 unspecified atom stereocenters. The first kappa shape index (κ1) is 14.0. The molecule has 7 heteroatoms. The quantitative estimate of drug-likeness (QED) is 0.726. The van der Waals surface area contributed by atoms with Crippen LogP contribution in [0.4, 0.5) is 11.7 Å². The van der Waals surface area contributed by atoms with Crippen LogP contribution in [0.15, 0.2) is 28.1 Å². The molecule has 3 aromatic rings. The average molecular weight is 303 g/mol. The molecule has 110 valence electrons. The van der Waals surface area contributed by atoms with E-state index in [1.165, 1.54) is 0 Å². The standard InChI is InChI=1S/C14H17N5OS/c1-3-6-15-9(2)13-18-19-14(20-13)17-10-4-5-11-12(7-10)21-8-16-11/h4-5,7-9,15H,3,6H2,1-2H3,(H,17,19).